The van der Waals surface area contributed by atoms with Gasteiger partial charge in [0, 0.05) is 12.6 Å². The lowest BCUT2D eigenvalue weighted by atomic mass is 10.1. The van der Waals surface area contributed by atoms with E-state index in [1.54, 1.807) is 0 Å². The van der Waals surface area contributed by atoms with Crippen molar-refractivity contribution in [2.45, 2.75) is 45.7 Å². The molecule has 0 radical (unpaired) electrons. The van der Waals surface area contributed by atoms with Crippen LogP contribution in [0.1, 0.15) is 33.6 Å². The summed E-state index contributed by atoms with van der Waals surface area (Å²) in [6, 6.07) is -0.546. The summed E-state index contributed by atoms with van der Waals surface area (Å²) in [6.07, 6.45) is 0.523. The van der Waals surface area contributed by atoms with Gasteiger partial charge in [0.05, 0.1) is 12.5 Å². The highest BCUT2D eigenvalue weighted by Gasteiger charge is 2.22. The van der Waals surface area contributed by atoms with E-state index in [0.29, 0.717) is 6.42 Å². The van der Waals surface area contributed by atoms with Crippen molar-refractivity contribution in [3.63, 3.8) is 0 Å². The third kappa shape index (κ3) is 4.78. The SMILES string of the molecule is CCC(N)C(=O)N(CCC(=O)O)C(C)C. The van der Waals surface area contributed by atoms with Crippen molar-refractivity contribution in [3.8, 4) is 0 Å². The number of hydrogen-bond acceptors (Lipinski definition) is 3. The molecule has 0 spiro atoms. The van der Waals surface area contributed by atoms with Crippen LogP contribution in [-0.4, -0.2) is 40.5 Å². The molecule has 1 atom stereocenters. The quantitative estimate of drug-likeness (QED) is 0.674. The lowest BCUT2D eigenvalue weighted by Gasteiger charge is -2.28. The third-order valence-corrected chi connectivity index (χ3v) is 2.23. The summed E-state index contributed by atoms with van der Waals surface area (Å²) in [7, 11) is 0. The van der Waals surface area contributed by atoms with Gasteiger partial charge in [0.25, 0.3) is 0 Å². The second kappa shape index (κ2) is 6.40. The van der Waals surface area contributed by atoms with E-state index in [2.05, 4.69) is 0 Å². The van der Waals surface area contributed by atoms with Gasteiger partial charge >= 0.3 is 5.97 Å². The van der Waals surface area contributed by atoms with Gasteiger partial charge in [0.15, 0.2) is 0 Å². The molecule has 1 unspecified atom stereocenters. The number of amides is 1. The minimum Gasteiger partial charge on any atom is -0.481 e. The molecule has 0 saturated heterocycles. The molecule has 1 amide bonds. The smallest absolute Gasteiger partial charge is 0.305 e. The average molecular weight is 216 g/mol. The van der Waals surface area contributed by atoms with E-state index in [1.165, 1.54) is 4.90 Å². The number of carbonyl (C=O) groups excluding carboxylic acids is 1. The Hall–Kier alpha value is -1.10. The Morgan fingerprint density at radius 1 is 1.40 bits per heavy atom. The lowest BCUT2D eigenvalue weighted by Crippen LogP contribution is -2.47. The summed E-state index contributed by atoms with van der Waals surface area (Å²) in [5.41, 5.74) is 5.62. The van der Waals surface area contributed by atoms with E-state index in [4.69, 9.17) is 10.8 Å². The minimum absolute atomic E-state index is 0.0190. The second-order valence-corrected chi connectivity index (χ2v) is 3.78. The first-order valence-corrected chi connectivity index (χ1v) is 5.18. The maximum Gasteiger partial charge on any atom is 0.305 e. The molecule has 0 rings (SSSR count). The molecule has 0 aliphatic carbocycles. The predicted molar refractivity (Wildman–Crippen MR) is 57.4 cm³/mol. The molecular formula is C10H20N2O3. The van der Waals surface area contributed by atoms with Crippen LogP contribution in [0, 0.1) is 0 Å². The van der Waals surface area contributed by atoms with Gasteiger partial charge in [-0.1, -0.05) is 6.92 Å². The van der Waals surface area contributed by atoms with E-state index >= 15 is 0 Å². The van der Waals surface area contributed by atoms with Crippen molar-refractivity contribution in [1.82, 2.24) is 4.90 Å². The summed E-state index contributed by atoms with van der Waals surface area (Å²) in [5, 5.41) is 8.55. The molecule has 15 heavy (non-hydrogen) atoms. The normalized spacial score (nSPS) is 12.6. The molecule has 0 bridgehead atoms. The zero-order valence-corrected chi connectivity index (χ0v) is 9.56. The molecule has 3 N–H and O–H groups in total. The molecule has 0 aromatic carbocycles. The predicted octanol–water partition coefficient (Wildman–Crippen LogP) is 0.435. The summed E-state index contributed by atoms with van der Waals surface area (Å²) in [6.45, 7) is 5.75. The van der Waals surface area contributed by atoms with Gasteiger partial charge in [-0.3, -0.25) is 9.59 Å². The molecule has 0 aliphatic heterocycles. The van der Waals surface area contributed by atoms with E-state index in [9.17, 15) is 9.59 Å². The van der Waals surface area contributed by atoms with Gasteiger partial charge in [-0.15, -0.1) is 0 Å². The zero-order valence-electron chi connectivity index (χ0n) is 9.56. The van der Waals surface area contributed by atoms with Crippen LogP contribution in [0.15, 0.2) is 0 Å². The first kappa shape index (κ1) is 13.9. The molecule has 88 valence electrons. The van der Waals surface area contributed by atoms with E-state index in [0.717, 1.165) is 0 Å². The van der Waals surface area contributed by atoms with Crippen LogP contribution in [0.5, 0.6) is 0 Å². The molecule has 0 aromatic heterocycles. The number of nitrogens with zero attached hydrogens (tertiary/aromatic N) is 1. The van der Waals surface area contributed by atoms with Gasteiger partial charge in [0.1, 0.15) is 0 Å². The van der Waals surface area contributed by atoms with E-state index in [1.807, 2.05) is 20.8 Å². The van der Waals surface area contributed by atoms with Crippen molar-refractivity contribution in [3.05, 3.63) is 0 Å². The van der Waals surface area contributed by atoms with Crippen molar-refractivity contribution < 1.29 is 14.7 Å². The Morgan fingerprint density at radius 2 is 1.93 bits per heavy atom. The molecule has 0 aromatic rings. The summed E-state index contributed by atoms with van der Waals surface area (Å²) >= 11 is 0. The summed E-state index contributed by atoms with van der Waals surface area (Å²) in [4.78, 5) is 23.7. The minimum atomic E-state index is -0.904. The van der Waals surface area contributed by atoms with Crippen LogP contribution in [-0.2, 0) is 9.59 Å². The number of nitrogens with two attached hydrogens (primary N) is 1. The highest BCUT2D eigenvalue weighted by Crippen LogP contribution is 2.04. The molecule has 0 aliphatic rings. The van der Waals surface area contributed by atoms with Gasteiger partial charge in [-0.2, -0.15) is 0 Å². The topological polar surface area (TPSA) is 83.6 Å². The summed E-state index contributed by atoms with van der Waals surface area (Å²) < 4.78 is 0. The maximum absolute atomic E-state index is 11.7. The third-order valence-electron chi connectivity index (χ3n) is 2.23. The summed E-state index contributed by atoms with van der Waals surface area (Å²) in [5.74, 6) is -1.08. The number of carboxylic acid groups (broad SMARTS) is 1. The number of rotatable bonds is 6. The fraction of sp³-hybridized carbons (Fsp3) is 0.800. The van der Waals surface area contributed by atoms with Gasteiger partial charge in [0.2, 0.25) is 5.91 Å². The standard InChI is InChI=1S/C10H20N2O3/c1-4-8(11)10(15)12(7(2)3)6-5-9(13)14/h7-8H,4-6,11H2,1-3H3,(H,13,14). The Balaban J connectivity index is 4.38. The van der Waals surface area contributed by atoms with E-state index < -0.39 is 12.0 Å². The monoisotopic (exact) mass is 216 g/mol. The molecular weight excluding hydrogens is 196 g/mol. The first-order chi connectivity index (χ1) is 6.90. The molecule has 0 saturated carbocycles. The first-order valence-electron chi connectivity index (χ1n) is 5.18. The van der Waals surface area contributed by atoms with Crippen LogP contribution < -0.4 is 5.73 Å². The Morgan fingerprint density at radius 3 is 2.27 bits per heavy atom. The highest BCUT2D eigenvalue weighted by molar-refractivity contribution is 5.82. The molecule has 0 heterocycles. The van der Waals surface area contributed by atoms with Gasteiger partial charge in [-0.25, -0.2) is 0 Å². The van der Waals surface area contributed by atoms with Crippen molar-refractivity contribution in [2.24, 2.45) is 5.73 Å². The second-order valence-electron chi connectivity index (χ2n) is 3.78. The fourth-order valence-corrected chi connectivity index (χ4v) is 1.23. The Bertz CT molecular complexity index is 229. The van der Waals surface area contributed by atoms with Crippen molar-refractivity contribution in [2.75, 3.05) is 6.54 Å². The van der Waals surface area contributed by atoms with Gasteiger partial charge < -0.3 is 15.7 Å². The van der Waals surface area contributed by atoms with Crippen LogP contribution in [0.4, 0.5) is 0 Å². The van der Waals surface area contributed by atoms with Crippen molar-refractivity contribution in [1.29, 1.82) is 0 Å². The van der Waals surface area contributed by atoms with E-state index in [-0.39, 0.29) is 24.9 Å². The number of carbonyl (C=O) groups is 2. The Labute approximate surface area is 90.2 Å². The Kier molecular flexibility index (Phi) is 5.93. The maximum atomic E-state index is 11.7. The zero-order chi connectivity index (χ0) is 12.0. The van der Waals surface area contributed by atoms with Crippen LogP contribution in [0.2, 0.25) is 0 Å². The highest BCUT2D eigenvalue weighted by atomic mass is 16.4. The molecule has 0 fully saturated rings. The molecule has 5 nitrogen and oxygen atoms in total. The van der Waals surface area contributed by atoms with Crippen molar-refractivity contribution >= 4 is 11.9 Å². The fourth-order valence-electron chi connectivity index (χ4n) is 1.23. The number of carboxylic acids is 1. The average Bonchev–Trinajstić information content (AvgIpc) is 2.15. The molecule has 5 heteroatoms. The van der Waals surface area contributed by atoms with Crippen LogP contribution >= 0.6 is 0 Å². The number of aliphatic carboxylic acids is 1. The van der Waals surface area contributed by atoms with Gasteiger partial charge in [-0.05, 0) is 20.3 Å². The lowest BCUT2D eigenvalue weighted by molar-refractivity contribution is -0.139. The number of hydrogen-bond donors (Lipinski definition) is 2. The van der Waals surface area contributed by atoms with Crippen LogP contribution in [0.3, 0.4) is 0 Å². The van der Waals surface area contributed by atoms with Crippen LogP contribution in [0.25, 0.3) is 0 Å². The largest absolute Gasteiger partial charge is 0.481 e.